The van der Waals surface area contributed by atoms with Crippen LogP contribution in [0.5, 0.6) is 5.75 Å². The average molecular weight is 527 g/mol. The molecule has 10 heteroatoms. The molecule has 3 aliphatic rings. The Morgan fingerprint density at radius 2 is 2.05 bits per heavy atom. The second-order valence-electron chi connectivity index (χ2n) is 10.0. The maximum atomic E-state index is 14.6. The van der Waals surface area contributed by atoms with Crippen LogP contribution in [0.3, 0.4) is 0 Å². The molecular formula is C28H26N6O3S. The molecule has 192 valence electrons. The molecule has 5 heterocycles. The van der Waals surface area contributed by atoms with Gasteiger partial charge in [-0.1, -0.05) is 35.5 Å². The number of carbonyl (C=O) groups is 2. The molecule has 0 radical (unpaired) electrons. The summed E-state index contributed by atoms with van der Waals surface area (Å²) < 4.78 is 7.91. The lowest BCUT2D eigenvalue weighted by molar-refractivity contribution is -0.124. The number of ether oxygens (including phenoxy) is 1. The van der Waals surface area contributed by atoms with Crippen molar-refractivity contribution >= 4 is 28.8 Å². The number of amides is 2. The highest BCUT2D eigenvalue weighted by molar-refractivity contribution is 7.11. The zero-order chi connectivity index (χ0) is 25.9. The summed E-state index contributed by atoms with van der Waals surface area (Å²) in [5, 5.41) is 8.62. The predicted molar refractivity (Wildman–Crippen MR) is 141 cm³/mol. The average Bonchev–Trinajstić information content (AvgIpc) is 3.70. The normalized spacial score (nSPS) is 22.3. The number of aryl methyl sites for hydroxylation is 2. The lowest BCUT2D eigenvalue weighted by atomic mass is 9.72. The molecule has 0 N–H and O–H groups in total. The Morgan fingerprint density at radius 1 is 1.16 bits per heavy atom. The van der Waals surface area contributed by atoms with Crippen molar-refractivity contribution < 1.29 is 14.3 Å². The van der Waals surface area contributed by atoms with Crippen molar-refractivity contribution in [3.63, 3.8) is 0 Å². The molecule has 3 aliphatic heterocycles. The fourth-order valence-electron chi connectivity index (χ4n) is 6.24. The van der Waals surface area contributed by atoms with E-state index >= 15 is 0 Å². The molecule has 1 fully saturated rings. The number of hydrogen-bond donors (Lipinski definition) is 0. The summed E-state index contributed by atoms with van der Waals surface area (Å²) in [4.78, 5) is 37.2. The summed E-state index contributed by atoms with van der Waals surface area (Å²) in [5.41, 5.74) is 4.89. The number of thiazole rings is 1. The summed E-state index contributed by atoms with van der Waals surface area (Å²) in [6, 6.07) is 15.3. The van der Waals surface area contributed by atoms with Gasteiger partial charge in [-0.15, -0.1) is 16.4 Å². The van der Waals surface area contributed by atoms with E-state index in [0.717, 1.165) is 34.7 Å². The lowest BCUT2D eigenvalue weighted by Crippen LogP contribution is -2.45. The van der Waals surface area contributed by atoms with Crippen LogP contribution >= 0.6 is 11.3 Å². The van der Waals surface area contributed by atoms with E-state index in [4.69, 9.17) is 4.74 Å². The van der Waals surface area contributed by atoms with Gasteiger partial charge in [-0.3, -0.25) is 14.3 Å². The van der Waals surface area contributed by atoms with Crippen molar-refractivity contribution in [2.24, 2.45) is 0 Å². The number of nitrogens with zero attached hydrogens (tertiary/aromatic N) is 6. The van der Waals surface area contributed by atoms with Gasteiger partial charge in [0.25, 0.3) is 5.91 Å². The minimum absolute atomic E-state index is 0.0178. The van der Waals surface area contributed by atoms with Crippen molar-refractivity contribution in [2.75, 3.05) is 18.1 Å². The Morgan fingerprint density at radius 3 is 2.92 bits per heavy atom. The Kier molecular flexibility index (Phi) is 5.33. The van der Waals surface area contributed by atoms with Crippen molar-refractivity contribution in [1.29, 1.82) is 0 Å². The number of rotatable bonds is 1. The summed E-state index contributed by atoms with van der Waals surface area (Å²) in [5.74, 6) is 0.606. The maximum Gasteiger partial charge on any atom is 0.266 e. The summed E-state index contributed by atoms with van der Waals surface area (Å²) in [7, 11) is 0. The maximum absolute atomic E-state index is 14.6. The molecule has 2 aromatic heterocycles. The molecule has 38 heavy (non-hydrogen) atoms. The zero-order valence-corrected chi connectivity index (χ0v) is 21.7. The van der Waals surface area contributed by atoms with E-state index in [1.165, 1.54) is 11.3 Å². The van der Waals surface area contributed by atoms with Crippen molar-refractivity contribution in [2.45, 2.75) is 44.3 Å². The molecule has 4 aromatic rings. The van der Waals surface area contributed by atoms with E-state index < -0.39 is 11.5 Å². The van der Waals surface area contributed by atoms with Gasteiger partial charge >= 0.3 is 0 Å². The van der Waals surface area contributed by atoms with E-state index in [-0.39, 0.29) is 11.8 Å². The van der Waals surface area contributed by atoms with Crippen LogP contribution in [0.2, 0.25) is 0 Å². The van der Waals surface area contributed by atoms with Crippen LogP contribution in [-0.4, -0.2) is 49.8 Å². The lowest BCUT2D eigenvalue weighted by Gasteiger charge is -2.35. The van der Waals surface area contributed by atoms with Gasteiger partial charge in [-0.25, -0.2) is 4.98 Å². The number of fused-ring (bicyclic) bond motifs is 8. The summed E-state index contributed by atoms with van der Waals surface area (Å²) in [6.45, 7) is 3.81. The van der Waals surface area contributed by atoms with Gasteiger partial charge in [0.2, 0.25) is 5.91 Å². The molecule has 9 nitrogen and oxygen atoms in total. The second kappa shape index (κ2) is 8.76. The van der Waals surface area contributed by atoms with Crippen molar-refractivity contribution in [1.82, 2.24) is 24.9 Å². The molecule has 0 unspecified atom stereocenters. The number of benzene rings is 2. The van der Waals surface area contributed by atoms with E-state index in [9.17, 15) is 9.59 Å². The molecule has 2 amide bonds. The highest BCUT2D eigenvalue weighted by atomic mass is 32.1. The quantitative estimate of drug-likeness (QED) is 0.374. The third-order valence-electron chi connectivity index (χ3n) is 7.91. The van der Waals surface area contributed by atoms with Gasteiger partial charge in [0.05, 0.1) is 36.6 Å². The molecule has 1 saturated heterocycles. The molecule has 2 aromatic carbocycles. The third kappa shape index (κ3) is 3.39. The number of carbonyl (C=O) groups excluding carboxylic acids is 2. The Bertz CT molecular complexity index is 1560. The molecule has 0 saturated carbocycles. The van der Waals surface area contributed by atoms with Crippen LogP contribution in [-0.2, 0) is 23.3 Å². The number of para-hydroxylation sites is 1. The Balaban J connectivity index is 1.43. The Hall–Kier alpha value is -4.05. The van der Waals surface area contributed by atoms with E-state index in [1.807, 2.05) is 71.5 Å². The first-order valence-corrected chi connectivity index (χ1v) is 13.7. The highest BCUT2D eigenvalue weighted by Gasteiger charge is 2.61. The van der Waals surface area contributed by atoms with Crippen LogP contribution in [0.1, 0.15) is 51.1 Å². The van der Waals surface area contributed by atoms with Crippen molar-refractivity contribution in [3.8, 4) is 5.75 Å². The van der Waals surface area contributed by atoms with Gasteiger partial charge < -0.3 is 14.5 Å². The highest BCUT2D eigenvalue weighted by Crippen LogP contribution is 2.57. The molecule has 0 aliphatic carbocycles. The molecular weight excluding hydrogens is 500 g/mol. The van der Waals surface area contributed by atoms with Crippen LogP contribution in [0.25, 0.3) is 0 Å². The topological polar surface area (TPSA) is 93.5 Å². The number of anilines is 1. The summed E-state index contributed by atoms with van der Waals surface area (Å²) in [6.07, 6.45) is 3.18. The third-order valence-corrected chi connectivity index (χ3v) is 8.83. The van der Waals surface area contributed by atoms with Crippen molar-refractivity contribution in [3.05, 3.63) is 87.6 Å². The first-order valence-electron chi connectivity index (χ1n) is 12.8. The second-order valence-corrected chi connectivity index (χ2v) is 10.9. The van der Waals surface area contributed by atoms with E-state index in [0.29, 0.717) is 43.2 Å². The smallest absolute Gasteiger partial charge is 0.266 e. The fourth-order valence-corrected chi connectivity index (χ4v) is 6.99. The molecule has 2 atom stereocenters. The monoisotopic (exact) mass is 526 g/mol. The summed E-state index contributed by atoms with van der Waals surface area (Å²) >= 11 is 1.34. The van der Waals surface area contributed by atoms with Crippen LogP contribution in [0.15, 0.2) is 60.2 Å². The minimum atomic E-state index is -0.931. The predicted octanol–water partition coefficient (Wildman–Crippen LogP) is 3.90. The SMILES string of the molecule is Cc1ncsc1C(=O)N1CC[C@]23C(=O)N(Cc4cn(nn4)CCCOc4cccc(c4)[C@H]12)c1ccccc13. The standard InChI is InChI=1S/C28H26N6O3S/c1-18-24(38-17-29-18)26(35)33-12-10-28-22-8-2-3-9-23(22)34(27(28)36)16-20-15-32(31-30-20)11-5-13-37-21-7-4-6-19(14-21)25(28)33/h2-4,6-9,14-15,17,25H,5,10-13,16H2,1H3/t25-,28+/m0/s1. The van der Waals surface area contributed by atoms with Crippen LogP contribution < -0.4 is 9.64 Å². The zero-order valence-electron chi connectivity index (χ0n) is 20.9. The number of hydrogen-bond acceptors (Lipinski definition) is 7. The van der Waals surface area contributed by atoms with E-state index in [2.05, 4.69) is 15.3 Å². The first-order chi connectivity index (χ1) is 18.6. The van der Waals surface area contributed by atoms with Gasteiger partial charge in [0.15, 0.2) is 0 Å². The molecule has 7 rings (SSSR count). The van der Waals surface area contributed by atoms with Gasteiger partial charge in [-0.05, 0) is 42.7 Å². The molecule has 6 bridgehead atoms. The largest absolute Gasteiger partial charge is 0.494 e. The first kappa shape index (κ1) is 23.1. The van der Waals surface area contributed by atoms with Gasteiger partial charge in [-0.2, -0.15) is 0 Å². The fraction of sp³-hybridized carbons (Fsp3) is 0.321. The van der Waals surface area contributed by atoms with E-state index in [1.54, 1.807) is 10.2 Å². The van der Waals surface area contributed by atoms with Crippen LogP contribution in [0.4, 0.5) is 5.69 Å². The van der Waals surface area contributed by atoms with Gasteiger partial charge in [0, 0.05) is 25.2 Å². The Labute approximate surface area is 223 Å². The molecule has 1 spiro atoms. The number of likely N-dealkylation sites (tertiary alicyclic amines) is 1. The van der Waals surface area contributed by atoms with Gasteiger partial charge in [0.1, 0.15) is 21.7 Å². The van der Waals surface area contributed by atoms with Crippen LogP contribution in [0, 0.1) is 6.92 Å². The number of aromatic nitrogens is 4. The minimum Gasteiger partial charge on any atom is -0.494 e.